The van der Waals surface area contributed by atoms with E-state index in [1.807, 2.05) is 11.8 Å². The summed E-state index contributed by atoms with van der Waals surface area (Å²) in [5, 5.41) is 0. The average Bonchev–Trinajstić information content (AvgIpc) is 3.11. The number of methoxy groups -OCH3 is 1. The lowest BCUT2D eigenvalue weighted by Gasteiger charge is -2.45. The van der Waals surface area contributed by atoms with Gasteiger partial charge in [0.05, 0.1) is 19.6 Å². The molecule has 2 saturated heterocycles. The van der Waals surface area contributed by atoms with Crippen molar-refractivity contribution in [2.75, 3.05) is 57.9 Å². The molecule has 2 fully saturated rings. The number of carbonyl (C=O) groups is 2. The summed E-state index contributed by atoms with van der Waals surface area (Å²) in [6.07, 6.45) is 3.79. The Morgan fingerprint density at radius 1 is 1.16 bits per heavy atom. The van der Waals surface area contributed by atoms with Crippen LogP contribution in [-0.4, -0.2) is 80.9 Å². The highest BCUT2D eigenvalue weighted by Crippen LogP contribution is 2.48. The normalized spacial score (nSPS) is 21.1. The first-order valence-electron chi connectivity index (χ1n) is 11.7. The Morgan fingerprint density at radius 3 is 2.53 bits per heavy atom. The molecule has 0 radical (unpaired) electrons. The van der Waals surface area contributed by atoms with Crippen LogP contribution in [0.1, 0.15) is 44.6 Å². The monoisotopic (exact) mass is 447 g/mol. The van der Waals surface area contributed by atoms with Gasteiger partial charge in [0, 0.05) is 43.9 Å². The van der Waals surface area contributed by atoms with Gasteiger partial charge in [0.25, 0.3) is 0 Å². The SMILES string of the molecule is CCOC(=O)N1CCC(N2CCC3(CC2)CN(C(=O)CCOC)c2ccc(F)cc23)CC1. The summed E-state index contributed by atoms with van der Waals surface area (Å²) < 4.78 is 24.4. The van der Waals surface area contributed by atoms with E-state index in [2.05, 4.69) is 4.90 Å². The van der Waals surface area contributed by atoms with Crippen molar-refractivity contribution >= 4 is 17.7 Å². The molecule has 1 spiro atoms. The second-order valence-electron chi connectivity index (χ2n) is 9.12. The Bertz CT molecular complexity index is 833. The summed E-state index contributed by atoms with van der Waals surface area (Å²) in [7, 11) is 1.59. The maximum atomic E-state index is 14.2. The Morgan fingerprint density at radius 2 is 1.88 bits per heavy atom. The highest BCUT2D eigenvalue weighted by molar-refractivity contribution is 5.96. The number of amides is 2. The van der Waals surface area contributed by atoms with Crippen LogP contribution in [0.4, 0.5) is 14.9 Å². The molecule has 3 heterocycles. The molecular formula is C24H34FN3O4. The van der Waals surface area contributed by atoms with E-state index in [1.165, 1.54) is 6.07 Å². The van der Waals surface area contributed by atoms with Crippen LogP contribution < -0.4 is 4.90 Å². The number of ether oxygens (including phenoxy) is 2. The van der Waals surface area contributed by atoms with Gasteiger partial charge in [-0.25, -0.2) is 9.18 Å². The number of halogens is 1. The highest BCUT2D eigenvalue weighted by atomic mass is 19.1. The number of benzene rings is 1. The van der Waals surface area contributed by atoms with Crippen molar-refractivity contribution in [1.29, 1.82) is 0 Å². The summed E-state index contributed by atoms with van der Waals surface area (Å²) in [6.45, 7) is 6.51. The van der Waals surface area contributed by atoms with Crippen LogP contribution in [-0.2, 0) is 19.7 Å². The minimum Gasteiger partial charge on any atom is -0.450 e. The predicted octanol–water partition coefficient (Wildman–Crippen LogP) is 3.16. The van der Waals surface area contributed by atoms with Crippen LogP contribution in [0, 0.1) is 5.82 Å². The Balaban J connectivity index is 1.41. The number of nitrogens with zero attached hydrogens (tertiary/aromatic N) is 3. The second kappa shape index (κ2) is 9.75. The van der Waals surface area contributed by atoms with Gasteiger partial charge in [-0.05, 0) is 69.5 Å². The fraction of sp³-hybridized carbons (Fsp3) is 0.667. The third kappa shape index (κ3) is 4.48. The summed E-state index contributed by atoms with van der Waals surface area (Å²) in [6, 6.07) is 5.28. The summed E-state index contributed by atoms with van der Waals surface area (Å²) in [5.74, 6) is -0.214. The number of likely N-dealkylation sites (tertiary alicyclic amines) is 2. The molecule has 1 aromatic carbocycles. The van der Waals surface area contributed by atoms with Crippen LogP contribution in [0.25, 0.3) is 0 Å². The Labute approximate surface area is 189 Å². The first-order chi connectivity index (χ1) is 15.5. The topological polar surface area (TPSA) is 62.3 Å². The minimum absolute atomic E-state index is 0.0327. The molecule has 4 rings (SSSR count). The number of carbonyl (C=O) groups excluding carboxylic acids is 2. The van der Waals surface area contributed by atoms with Gasteiger partial charge in [-0.1, -0.05) is 0 Å². The number of rotatable bonds is 5. The van der Waals surface area contributed by atoms with E-state index in [4.69, 9.17) is 9.47 Å². The van der Waals surface area contributed by atoms with Gasteiger partial charge in [-0.15, -0.1) is 0 Å². The zero-order valence-electron chi connectivity index (χ0n) is 19.1. The van der Waals surface area contributed by atoms with E-state index in [9.17, 15) is 14.0 Å². The van der Waals surface area contributed by atoms with Crippen LogP contribution in [0.3, 0.4) is 0 Å². The molecule has 0 saturated carbocycles. The number of fused-ring (bicyclic) bond motifs is 2. The molecule has 32 heavy (non-hydrogen) atoms. The maximum absolute atomic E-state index is 14.2. The van der Waals surface area contributed by atoms with Crippen LogP contribution in [0.15, 0.2) is 18.2 Å². The molecule has 0 aliphatic carbocycles. The van der Waals surface area contributed by atoms with E-state index in [-0.39, 0.29) is 23.2 Å². The number of piperidine rings is 2. The molecule has 3 aliphatic heterocycles. The third-order valence-electron chi connectivity index (χ3n) is 7.36. The van der Waals surface area contributed by atoms with Gasteiger partial charge in [0.15, 0.2) is 0 Å². The first-order valence-corrected chi connectivity index (χ1v) is 11.7. The van der Waals surface area contributed by atoms with Crippen molar-refractivity contribution < 1.29 is 23.5 Å². The molecule has 0 aromatic heterocycles. The minimum atomic E-state index is -0.247. The van der Waals surface area contributed by atoms with Gasteiger partial charge in [-0.2, -0.15) is 0 Å². The first kappa shape index (κ1) is 23.0. The summed E-state index contributed by atoms with van der Waals surface area (Å²) >= 11 is 0. The molecule has 3 aliphatic rings. The van der Waals surface area contributed by atoms with Crippen molar-refractivity contribution in [3.8, 4) is 0 Å². The predicted molar refractivity (Wildman–Crippen MR) is 119 cm³/mol. The molecule has 176 valence electrons. The third-order valence-corrected chi connectivity index (χ3v) is 7.36. The second-order valence-corrected chi connectivity index (χ2v) is 9.12. The molecule has 0 N–H and O–H groups in total. The summed E-state index contributed by atoms with van der Waals surface area (Å²) in [5.41, 5.74) is 1.63. The van der Waals surface area contributed by atoms with Gasteiger partial charge in [0.2, 0.25) is 5.91 Å². The van der Waals surface area contributed by atoms with Gasteiger partial charge < -0.3 is 24.2 Å². The molecule has 8 heteroatoms. The smallest absolute Gasteiger partial charge is 0.409 e. The molecule has 0 unspecified atom stereocenters. The van der Waals surface area contributed by atoms with Crippen molar-refractivity contribution in [1.82, 2.24) is 9.80 Å². The number of hydrogen-bond donors (Lipinski definition) is 0. The van der Waals surface area contributed by atoms with Crippen molar-refractivity contribution in [3.05, 3.63) is 29.6 Å². The molecular weight excluding hydrogens is 413 g/mol. The van der Waals surface area contributed by atoms with Gasteiger partial charge in [-0.3, -0.25) is 4.79 Å². The largest absolute Gasteiger partial charge is 0.450 e. The quantitative estimate of drug-likeness (QED) is 0.694. The van der Waals surface area contributed by atoms with E-state index in [0.717, 1.165) is 63.1 Å². The van der Waals surface area contributed by atoms with Gasteiger partial charge >= 0.3 is 6.09 Å². The lowest BCUT2D eigenvalue weighted by atomic mass is 9.74. The standard InChI is InChI=1S/C24H34FN3O4/c1-3-32-23(30)27-11-6-19(7-12-27)26-13-9-24(10-14-26)17-28(22(29)8-15-31-2)21-5-4-18(25)16-20(21)24/h4-5,16,19H,3,6-15,17H2,1-2H3. The van der Waals surface area contributed by atoms with Crippen molar-refractivity contribution in [3.63, 3.8) is 0 Å². The maximum Gasteiger partial charge on any atom is 0.409 e. The molecule has 2 amide bonds. The van der Waals surface area contributed by atoms with E-state index >= 15 is 0 Å². The molecule has 0 bridgehead atoms. The van der Waals surface area contributed by atoms with Crippen molar-refractivity contribution in [2.24, 2.45) is 0 Å². The van der Waals surface area contributed by atoms with Crippen LogP contribution in [0.5, 0.6) is 0 Å². The zero-order chi connectivity index (χ0) is 22.7. The van der Waals surface area contributed by atoms with Crippen LogP contribution >= 0.6 is 0 Å². The Hall–Kier alpha value is -2.19. The lowest BCUT2D eigenvalue weighted by Crippen LogP contribution is -2.52. The highest BCUT2D eigenvalue weighted by Gasteiger charge is 2.47. The fourth-order valence-electron chi connectivity index (χ4n) is 5.56. The average molecular weight is 448 g/mol. The zero-order valence-corrected chi connectivity index (χ0v) is 19.1. The summed E-state index contributed by atoms with van der Waals surface area (Å²) in [4.78, 5) is 30.9. The lowest BCUT2D eigenvalue weighted by molar-refractivity contribution is -0.119. The van der Waals surface area contributed by atoms with Crippen molar-refractivity contribution in [2.45, 2.75) is 50.5 Å². The Kier molecular flexibility index (Phi) is 7.00. The van der Waals surface area contributed by atoms with E-state index in [0.29, 0.717) is 32.2 Å². The fourth-order valence-corrected chi connectivity index (χ4v) is 5.56. The van der Waals surface area contributed by atoms with E-state index < -0.39 is 0 Å². The molecule has 7 nitrogen and oxygen atoms in total. The molecule has 0 atom stereocenters. The number of anilines is 1. The molecule has 1 aromatic rings. The van der Waals surface area contributed by atoms with Crippen LogP contribution in [0.2, 0.25) is 0 Å². The van der Waals surface area contributed by atoms with Gasteiger partial charge in [0.1, 0.15) is 5.82 Å². The number of hydrogen-bond acceptors (Lipinski definition) is 5. The van der Waals surface area contributed by atoms with E-state index in [1.54, 1.807) is 24.1 Å².